The van der Waals surface area contributed by atoms with Gasteiger partial charge in [-0.05, 0) is 66.6 Å². The van der Waals surface area contributed by atoms with Crippen molar-refractivity contribution in [2.24, 2.45) is 0 Å². The van der Waals surface area contributed by atoms with Gasteiger partial charge in [0.05, 0.1) is 29.2 Å². The molecule has 0 aliphatic carbocycles. The zero-order valence-corrected chi connectivity index (χ0v) is 20.0. The van der Waals surface area contributed by atoms with Crippen LogP contribution >= 0.6 is 11.3 Å². The molecule has 0 aliphatic heterocycles. The first-order valence-electron chi connectivity index (χ1n) is 11.2. The number of aromatic nitrogens is 3. The van der Waals surface area contributed by atoms with Crippen molar-refractivity contribution in [2.75, 3.05) is 5.32 Å². The fourth-order valence-corrected chi connectivity index (χ4v) is 4.73. The van der Waals surface area contributed by atoms with Gasteiger partial charge in [0.2, 0.25) is 0 Å². The molecule has 36 heavy (non-hydrogen) atoms. The summed E-state index contributed by atoms with van der Waals surface area (Å²) in [5.41, 5.74) is 3.57. The Morgan fingerprint density at radius 2 is 1.75 bits per heavy atom. The Morgan fingerprint density at radius 3 is 2.58 bits per heavy atom. The fourth-order valence-electron chi connectivity index (χ4n) is 3.78. The number of hydrogen-bond acceptors (Lipinski definition) is 6. The molecule has 0 fully saturated rings. The van der Waals surface area contributed by atoms with Crippen molar-refractivity contribution in [3.05, 3.63) is 107 Å². The SMILES string of the molecule is CC(NC(=O)c1cccnc1NCc1ccc(-c2ccc3nccnc3c2)s1)c1ccc(F)c(F)c1. The number of thiophene rings is 1. The van der Waals surface area contributed by atoms with Gasteiger partial charge in [-0.2, -0.15) is 0 Å². The van der Waals surface area contributed by atoms with E-state index in [2.05, 4.69) is 31.7 Å². The van der Waals surface area contributed by atoms with Crippen molar-refractivity contribution in [3.63, 3.8) is 0 Å². The predicted octanol–water partition coefficient (Wildman–Crippen LogP) is 6.13. The highest BCUT2D eigenvalue weighted by Crippen LogP contribution is 2.30. The van der Waals surface area contributed by atoms with Crippen LogP contribution in [0.1, 0.15) is 33.8 Å². The van der Waals surface area contributed by atoms with Crippen molar-refractivity contribution in [1.82, 2.24) is 20.3 Å². The van der Waals surface area contributed by atoms with E-state index in [4.69, 9.17) is 0 Å². The molecular weight excluding hydrogens is 480 g/mol. The van der Waals surface area contributed by atoms with Gasteiger partial charge < -0.3 is 10.6 Å². The van der Waals surface area contributed by atoms with Crippen LogP contribution < -0.4 is 10.6 Å². The Bertz CT molecular complexity index is 1550. The first-order valence-corrected chi connectivity index (χ1v) is 12.0. The summed E-state index contributed by atoms with van der Waals surface area (Å²) < 4.78 is 26.8. The Hall–Kier alpha value is -4.24. The molecule has 6 nitrogen and oxygen atoms in total. The zero-order valence-electron chi connectivity index (χ0n) is 19.2. The number of carbonyl (C=O) groups is 1. The quantitative estimate of drug-likeness (QED) is 0.280. The number of anilines is 1. The number of carbonyl (C=O) groups excluding carboxylic acids is 1. The molecular formula is C27H21F2N5OS. The number of fused-ring (bicyclic) bond motifs is 1. The van der Waals surface area contributed by atoms with E-state index in [-0.39, 0.29) is 5.91 Å². The highest BCUT2D eigenvalue weighted by atomic mass is 32.1. The topological polar surface area (TPSA) is 79.8 Å². The van der Waals surface area contributed by atoms with Gasteiger partial charge >= 0.3 is 0 Å². The molecule has 5 aromatic rings. The summed E-state index contributed by atoms with van der Waals surface area (Å²) in [6, 6.07) is 16.5. The summed E-state index contributed by atoms with van der Waals surface area (Å²) in [5, 5.41) is 6.06. The smallest absolute Gasteiger partial charge is 0.255 e. The summed E-state index contributed by atoms with van der Waals surface area (Å²) in [6.45, 7) is 2.19. The van der Waals surface area contributed by atoms with Crippen LogP contribution in [0.15, 0.2) is 79.3 Å². The Morgan fingerprint density at radius 1 is 0.917 bits per heavy atom. The molecule has 0 saturated carbocycles. The molecule has 1 atom stereocenters. The third-order valence-electron chi connectivity index (χ3n) is 5.69. The van der Waals surface area contributed by atoms with E-state index < -0.39 is 17.7 Å². The van der Waals surface area contributed by atoms with Crippen LogP contribution in [0, 0.1) is 11.6 Å². The summed E-state index contributed by atoms with van der Waals surface area (Å²) >= 11 is 1.63. The lowest BCUT2D eigenvalue weighted by Gasteiger charge is -2.16. The van der Waals surface area contributed by atoms with E-state index >= 15 is 0 Å². The predicted molar refractivity (Wildman–Crippen MR) is 137 cm³/mol. The second-order valence-electron chi connectivity index (χ2n) is 8.15. The highest BCUT2D eigenvalue weighted by molar-refractivity contribution is 7.15. The zero-order chi connectivity index (χ0) is 25.1. The molecule has 9 heteroatoms. The van der Waals surface area contributed by atoms with E-state index in [1.165, 1.54) is 6.07 Å². The molecule has 180 valence electrons. The lowest BCUT2D eigenvalue weighted by atomic mass is 10.1. The Balaban J connectivity index is 1.27. The van der Waals surface area contributed by atoms with Gasteiger partial charge in [-0.25, -0.2) is 13.8 Å². The lowest BCUT2D eigenvalue weighted by molar-refractivity contribution is 0.0940. The van der Waals surface area contributed by atoms with E-state index in [0.717, 1.165) is 38.5 Å². The molecule has 0 bridgehead atoms. The number of pyridine rings is 1. The number of benzene rings is 2. The fraction of sp³-hybridized carbons (Fsp3) is 0.111. The molecule has 0 radical (unpaired) electrons. The number of rotatable bonds is 7. The summed E-state index contributed by atoms with van der Waals surface area (Å²) in [4.78, 5) is 28.1. The minimum Gasteiger partial charge on any atom is -0.365 e. The Labute approximate surface area is 210 Å². The van der Waals surface area contributed by atoms with Crippen LogP contribution in [-0.2, 0) is 6.54 Å². The van der Waals surface area contributed by atoms with Crippen LogP contribution in [0.5, 0.6) is 0 Å². The summed E-state index contributed by atoms with van der Waals surface area (Å²) in [6.07, 6.45) is 4.95. The van der Waals surface area contributed by atoms with E-state index in [1.54, 1.807) is 49.0 Å². The largest absolute Gasteiger partial charge is 0.365 e. The van der Waals surface area contributed by atoms with Gasteiger partial charge in [-0.15, -0.1) is 11.3 Å². The van der Waals surface area contributed by atoms with Crippen molar-refractivity contribution < 1.29 is 13.6 Å². The third-order valence-corrected chi connectivity index (χ3v) is 6.82. The van der Waals surface area contributed by atoms with Gasteiger partial charge in [0.1, 0.15) is 5.82 Å². The molecule has 1 amide bonds. The number of hydrogen-bond donors (Lipinski definition) is 2. The standard InChI is InChI=1S/C27H21F2N5OS/c1-16(17-4-7-21(28)22(29)13-17)34-27(35)20-3-2-10-32-26(20)33-15-19-6-9-25(36-19)18-5-8-23-24(14-18)31-12-11-30-23/h2-14,16H,15H2,1H3,(H,32,33)(H,34,35). The van der Waals surface area contributed by atoms with Crippen LogP contribution in [0.3, 0.4) is 0 Å². The summed E-state index contributed by atoms with van der Waals surface area (Å²) in [5.74, 6) is -1.82. The molecule has 0 saturated heterocycles. The van der Waals surface area contributed by atoms with Gasteiger partial charge in [-0.3, -0.25) is 14.8 Å². The number of amides is 1. The van der Waals surface area contributed by atoms with Crippen molar-refractivity contribution >= 4 is 34.1 Å². The molecule has 3 aromatic heterocycles. The second-order valence-corrected chi connectivity index (χ2v) is 9.32. The molecule has 0 spiro atoms. The van der Waals surface area contributed by atoms with Gasteiger partial charge in [-0.1, -0.05) is 12.1 Å². The molecule has 0 aliphatic rings. The van der Waals surface area contributed by atoms with Crippen LogP contribution in [0.4, 0.5) is 14.6 Å². The lowest BCUT2D eigenvalue weighted by Crippen LogP contribution is -2.27. The molecule has 2 aromatic carbocycles. The minimum absolute atomic E-state index is 0.358. The minimum atomic E-state index is -0.954. The number of nitrogens with zero attached hydrogens (tertiary/aromatic N) is 3. The summed E-state index contributed by atoms with van der Waals surface area (Å²) in [7, 11) is 0. The molecule has 2 N–H and O–H groups in total. The van der Waals surface area contributed by atoms with Crippen molar-refractivity contribution in [3.8, 4) is 10.4 Å². The van der Waals surface area contributed by atoms with Crippen molar-refractivity contribution in [1.29, 1.82) is 0 Å². The maximum atomic E-state index is 13.6. The normalized spacial score (nSPS) is 11.9. The van der Waals surface area contributed by atoms with Gasteiger partial charge in [0.25, 0.3) is 5.91 Å². The monoisotopic (exact) mass is 501 g/mol. The number of halogens is 2. The first-order chi connectivity index (χ1) is 17.5. The van der Waals surface area contributed by atoms with Gasteiger partial charge in [0, 0.05) is 28.3 Å². The van der Waals surface area contributed by atoms with Crippen molar-refractivity contribution in [2.45, 2.75) is 19.5 Å². The van der Waals surface area contributed by atoms with Crippen LogP contribution in [0.25, 0.3) is 21.5 Å². The van der Waals surface area contributed by atoms with E-state index in [0.29, 0.717) is 23.5 Å². The van der Waals surface area contributed by atoms with Gasteiger partial charge in [0.15, 0.2) is 11.6 Å². The second kappa shape index (κ2) is 10.2. The van der Waals surface area contributed by atoms with E-state index in [1.807, 2.05) is 24.3 Å². The maximum absolute atomic E-state index is 13.6. The highest BCUT2D eigenvalue weighted by Gasteiger charge is 2.17. The van der Waals surface area contributed by atoms with E-state index in [9.17, 15) is 13.6 Å². The third kappa shape index (κ3) is 5.06. The van der Waals surface area contributed by atoms with Crippen LogP contribution in [-0.4, -0.2) is 20.9 Å². The average molecular weight is 502 g/mol. The molecule has 3 heterocycles. The van der Waals surface area contributed by atoms with Crippen LogP contribution in [0.2, 0.25) is 0 Å². The number of nitrogens with one attached hydrogen (secondary N) is 2. The first kappa shape index (κ1) is 23.5. The average Bonchev–Trinajstić information content (AvgIpc) is 3.38. The maximum Gasteiger partial charge on any atom is 0.255 e. The Kier molecular flexibility index (Phi) is 6.64. The molecule has 1 unspecified atom stereocenters. The molecule has 5 rings (SSSR count).